The van der Waals surface area contributed by atoms with Crippen molar-refractivity contribution in [3.05, 3.63) is 121 Å². The third-order valence-corrected chi connectivity index (χ3v) is 6.75. The van der Waals surface area contributed by atoms with E-state index in [4.69, 9.17) is 9.47 Å². The molecule has 0 heterocycles. The summed E-state index contributed by atoms with van der Waals surface area (Å²) in [6.45, 7) is 0. The molecule has 0 atom stereocenters. The Bertz CT molecular complexity index is 1630. The van der Waals surface area contributed by atoms with Gasteiger partial charge in [-0.1, -0.05) is 60.7 Å². The SMILES string of the molecule is COc1ccc(N=Nc2cc(-c3cc(N=Nc4ccc(OC)cc4)c4cccccc3-4)c3cccccc2-3)cc1. The van der Waals surface area contributed by atoms with Crippen molar-refractivity contribution in [3.63, 3.8) is 0 Å². The number of rotatable bonds is 7. The van der Waals surface area contributed by atoms with Crippen LogP contribution < -0.4 is 9.47 Å². The zero-order valence-electron chi connectivity index (χ0n) is 22.2. The Balaban J connectivity index is 1.44. The van der Waals surface area contributed by atoms with Gasteiger partial charge in [-0.3, -0.25) is 0 Å². The van der Waals surface area contributed by atoms with Crippen LogP contribution in [0.2, 0.25) is 0 Å². The van der Waals surface area contributed by atoms with Crippen LogP contribution in [-0.2, 0) is 0 Å². The molecule has 4 aliphatic rings. The van der Waals surface area contributed by atoms with Crippen molar-refractivity contribution < 1.29 is 9.47 Å². The number of hydrogen-bond acceptors (Lipinski definition) is 6. The smallest absolute Gasteiger partial charge is 0.119 e. The number of ether oxygens (including phenoxy) is 2. The normalized spacial score (nSPS) is 11.6. The van der Waals surface area contributed by atoms with Gasteiger partial charge in [-0.05, 0) is 82.9 Å². The predicted octanol–water partition coefficient (Wildman–Crippen LogP) is 10.4. The van der Waals surface area contributed by atoms with Crippen LogP contribution in [0.1, 0.15) is 0 Å². The average molecular weight is 523 g/mol. The number of benzene rings is 2. The highest BCUT2D eigenvalue weighted by Crippen LogP contribution is 2.50. The number of fused-ring (bicyclic) bond motifs is 2. The number of hydrogen-bond donors (Lipinski definition) is 0. The van der Waals surface area contributed by atoms with Crippen molar-refractivity contribution in [1.82, 2.24) is 0 Å². The van der Waals surface area contributed by atoms with Gasteiger partial charge in [0.15, 0.2) is 0 Å². The van der Waals surface area contributed by atoms with Crippen molar-refractivity contribution in [2.75, 3.05) is 14.2 Å². The molecule has 194 valence electrons. The van der Waals surface area contributed by atoms with Gasteiger partial charge in [0.1, 0.15) is 11.5 Å². The molecule has 0 N–H and O–H groups in total. The van der Waals surface area contributed by atoms with E-state index in [2.05, 4.69) is 56.9 Å². The van der Waals surface area contributed by atoms with E-state index in [1.807, 2.05) is 84.9 Å². The van der Waals surface area contributed by atoms with Crippen molar-refractivity contribution in [2.24, 2.45) is 20.5 Å². The van der Waals surface area contributed by atoms with Crippen molar-refractivity contribution >= 4 is 22.7 Å². The topological polar surface area (TPSA) is 67.9 Å². The first-order valence-electron chi connectivity index (χ1n) is 12.9. The minimum absolute atomic E-state index is 0.754. The summed E-state index contributed by atoms with van der Waals surface area (Å²) in [6.07, 6.45) is 0. The largest absolute Gasteiger partial charge is 0.497 e. The summed E-state index contributed by atoms with van der Waals surface area (Å²) in [7, 11) is 3.29. The van der Waals surface area contributed by atoms with E-state index in [1.54, 1.807) is 14.2 Å². The Morgan fingerprint density at radius 1 is 0.375 bits per heavy atom. The maximum atomic E-state index is 5.26. The van der Waals surface area contributed by atoms with Crippen LogP contribution in [0.5, 0.6) is 11.5 Å². The molecule has 0 unspecified atom stereocenters. The quantitative estimate of drug-likeness (QED) is 0.196. The van der Waals surface area contributed by atoms with Crippen molar-refractivity contribution in [1.29, 1.82) is 0 Å². The predicted molar refractivity (Wildman–Crippen MR) is 159 cm³/mol. The first kappa shape index (κ1) is 24.9. The van der Waals surface area contributed by atoms with E-state index in [0.717, 1.165) is 67.6 Å². The van der Waals surface area contributed by atoms with E-state index in [-0.39, 0.29) is 0 Å². The van der Waals surface area contributed by atoms with Crippen molar-refractivity contribution in [3.8, 4) is 44.9 Å². The first-order chi connectivity index (χ1) is 19.7. The molecule has 0 aromatic heterocycles. The third kappa shape index (κ3) is 5.02. The van der Waals surface area contributed by atoms with Gasteiger partial charge in [-0.15, -0.1) is 10.2 Å². The molecule has 2 aromatic rings. The second-order valence-corrected chi connectivity index (χ2v) is 9.16. The fraction of sp³-hybridized carbons (Fsp3) is 0.0588. The highest BCUT2D eigenvalue weighted by molar-refractivity contribution is 6.02. The fourth-order valence-electron chi connectivity index (χ4n) is 4.73. The van der Waals surface area contributed by atoms with Crippen LogP contribution in [0.15, 0.2) is 142 Å². The van der Waals surface area contributed by atoms with Gasteiger partial charge in [-0.2, -0.15) is 10.2 Å². The minimum Gasteiger partial charge on any atom is -0.497 e. The van der Waals surface area contributed by atoms with Crippen LogP contribution >= 0.6 is 0 Å². The second kappa shape index (κ2) is 11.2. The van der Waals surface area contributed by atoms with Gasteiger partial charge in [0.25, 0.3) is 0 Å². The van der Waals surface area contributed by atoms with Crippen molar-refractivity contribution in [2.45, 2.75) is 0 Å². The molecule has 0 bridgehead atoms. The van der Waals surface area contributed by atoms with E-state index < -0.39 is 0 Å². The maximum absolute atomic E-state index is 5.26. The molecule has 0 radical (unpaired) electrons. The van der Waals surface area contributed by atoms with Gasteiger partial charge in [-0.25, -0.2) is 0 Å². The molecule has 0 spiro atoms. The zero-order chi connectivity index (χ0) is 27.3. The van der Waals surface area contributed by atoms with Crippen LogP contribution in [0, 0.1) is 0 Å². The molecule has 0 fully saturated rings. The maximum Gasteiger partial charge on any atom is 0.119 e. The number of nitrogens with zero attached hydrogens (tertiary/aromatic N) is 4. The molecule has 0 saturated heterocycles. The number of methoxy groups -OCH3 is 2. The molecule has 6 heteroatoms. The molecule has 0 saturated carbocycles. The summed E-state index contributed by atoms with van der Waals surface area (Å²) in [5.41, 5.74) is 9.46. The highest BCUT2D eigenvalue weighted by atomic mass is 16.5. The summed E-state index contributed by atoms with van der Waals surface area (Å²) in [5, 5.41) is 18.3. The van der Waals surface area contributed by atoms with Crippen LogP contribution in [0.25, 0.3) is 33.4 Å². The summed E-state index contributed by atoms with van der Waals surface area (Å²) >= 11 is 0. The molecule has 0 amide bonds. The molecule has 6 rings (SSSR count). The summed E-state index contributed by atoms with van der Waals surface area (Å²) in [4.78, 5) is 0. The van der Waals surface area contributed by atoms with Gasteiger partial charge < -0.3 is 9.47 Å². The molecular formula is C34H26N4O2. The van der Waals surface area contributed by atoms with Gasteiger partial charge >= 0.3 is 0 Å². The lowest BCUT2D eigenvalue weighted by atomic mass is 10.0. The Labute approximate surface area is 233 Å². The van der Waals surface area contributed by atoms with E-state index in [0.29, 0.717) is 0 Å². The fourth-order valence-corrected chi connectivity index (χ4v) is 4.73. The highest BCUT2D eigenvalue weighted by Gasteiger charge is 2.22. The molecule has 2 aromatic carbocycles. The molecule has 4 aliphatic carbocycles. The second-order valence-electron chi connectivity index (χ2n) is 9.16. The lowest BCUT2D eigenvalue weighted by Gasteiger charge is -2.03. The Morgan fingerprint density at radius 3 is 1.12 bits per heavy atom. The molecule has 40 heavy (non-hydrogen) atoms. The Hall–Kier alpha value is -5.36. The number of azo groups is 2. The van der Waals surface area contributed by atoms with E-state index >= 15 is 0 Å². The third-order valence-electron chi connectivity index (χ3n) is 6.75. The Kier molecular flexibility index (Phi) is 6.97. The van der Waals surface area contributed by atoms with Crippen LogP contribution in [0.3, 0.4) is 0 Å². The lowest BCUT2D eigenvalue weighted by molar-refractivity contribution is 0.414. The van der Waals surface area contributed by atoms with E-state index in [9.17, 15) is 0 Å². The first-order valence-corrected chi connectivity index (χ1v) is 12.9. The zero-order valence-corrected chi connectivity index (χ0v) is 22.2. The van der Waals surface area contributed by atoms with Crippen LogP contribution in [-0.4, -0.2) is 14.2 Å². The standard InChI is InChI=1S/C34H26N4O2/c1-39-25-17-13-23(14-18-25)35-37-33-21-31(27-9-5-3-7-11-29(27)33)32-22-34(30-12-8-4-6-10-28(30)32)38-36-24-15-19-26(40-2)20-16-24/h3-22H,1-2H3. The van der Waals surface area contributed by atoms with Crippen LogP contribution in [0.4, 0.5) is 22.7 Å². The lowest BCUT2D eigenvalue weighted by Crippen LogP contribution is -1.79. The van der Waals surface area contributed by atoms with Gasteiger partial charge in [0, 0.05) is 11.1 Å². The Morgan fingerprint density at radius 2 is 0.750 bits per heavy atom. The summed E-state index contributed by atoms with van der Waals surface area (Å²) in [5.74, 6) is 1.56. The molecule has 0 aliphatic heterocycles. The molecular weight excluding hydrogens is 496 g/mol. The van der Waals surface area contributed by atoms with Gasteiger partial charge in [0.2, 0.25) is 0 Å². The summed E-state index contributed by atoms with van der Waals surface area (Å²) < 4.78 is 10.5. The van der Waals surface area contributed by atoms with E-state index in [1.165, 1.54) is 0 Å². The molecule has 6 nitrogen and oxygen atoms in total. The summed E-state index contributed by atoms with van der Waals surface area (Å²) in [6, 6.07) is 39.8. The minimum atomic E-state index is 0.754. The monoisotopic (exact) mass is 522 g/mol. The average Bonchev–Trinajstić information content (AvgIpc) is 3.25. The van der Waals surface area contributed by atoms with Gasteiger partial charge in [0.05, 0.1) is 37.0 Å².